The summed E-state index contributed by atoms with van der Waals surface area (Å²) in [4.78, 5) is 12.6. The molecule has 0 aliphatic carbocycles. The molecule has 3 heterocycles. The number of aromatic nitrogens is 2. The summed E-state index contributed by atoms with van der Waals surface area (Å²) >= 11 is 0. The topological polar surface area (TPSA) is 76.3 Å². The van der Waals surface area contributed by atoms with Crippen LogP contribution in [0.3, 0.4) is 0 Å². The van der Waals surface area contributed by atoms with Gasteiger partial charge >= 0.3 is 0 Å². The SMILES string of the molecule is CCOc1ccc(NC2=Nc3ccccc3N3C2=Nc2c(c(C)nn2-c2ccccc2)C3c2cccc(OC)c2)cc1. The summed E-state index contributed by atoms with van der Waals surface area (Å²) in [6.07, 6.45) is 0. The van der Waals surface area contributed by atoms with Crippen molar-refractivity contribution < 1.29 is 9.47 Å². The fraction of sp³-hybridized carbons (Fsp3) is 0.147. The Hall–Kier alpha value is -5.37. The van der Waals surface area contributed by atoms with Crippen LogP contribution in [0, 0.1) is 6.92 Å². The second-order valence-electron chi connectivity index (χ2n) is 10.1. The molecule has 2 aliphatic heterocycles. The molecule has 2 aliphatic rings. The number of ether oxygens (including phenoxy) is 2. The number of hydrogen-bond donors (Lipinski definition) is 1. The quantitative estimate of drug-likeness (QED) is 0.237. The molecular formula is C34H30N6O2. The number of amidine groups is 2. The van der Waals surface area contributed by atoms with Crippen LogP contribution in [0.15, 0.2) is 113 Å². The highest BCUT2D eigenvalue weighted by Crippen LogP contribution is 2.48. The molecule has 4 aromatic carbocycles. The molecule has 8 nitrogen and oxygen atoms in total. The lowest BCUT2D eigenvalue weighted by Crippen LogP contribution is -2.46. The third-order valence-corrected chi connectivity index (χ3v) is 7.48. The van der Waals surface area contributed by atoms with E-state index in [-0.39, 0.29) is 6.04 Å². The van der Waals surface area contributed by atoms with Crippen molar-refractivity contribution in [2.24, 2.45) is 9.98 Å². The monoisotopic (exact) mass is 554 g/mol. The molecule has 5 aromatic rings. The molecule has 0 saturated heterocycles. The van der Waals surface area contributed by atoms with Crippen molar-refractivity contribution in [2.45, 2.75) is 19.9 Å². The average molecular weight is 555 g/mol. The van der Waals surface area contributed by atoms with Crippen molar-refractivity contribution in [3.05, 3.63) is 120 Å². The zero-order chi connectivity index (χ0) is 28.6. The van der Waals surface area contributed by atoms with Crippen LogP contribution >= 0.6 is 0 Å². The molecule has 1 unspecified atom stereocenters. The van der Waals surface area contributed by atoms with Gasteiger partial charge in [0.25, 0.3) is 0 Å². The minimum absolute atomic E-state index is 0.228. The summed E-state index contributed by atoms with van der Waals surface area (Å²) in [5, 5.41) is 8.56. The van der Waals surface area contributed by atoms with Gasteiger partial charge in [0.1, 0.15) is 11.5 Å². The molecule has 8 heteroatoms. The largest absolute Gasteiger partial charge is 0.497 e. The van der Waals surface area contributed by atoms with E-state index in [1.54, 1.807) is 7.11 Å². The lowest BCUT2D eigenvalue weighted by atomic mass is 9.93. The Balaban J connectivity index is 1.45. The maximum Gasteiger partial charge on any atom is 0.179 e. The Morgan fingerprint density at radius 1 is 0.833 bits per heavy atom. The summed E-state index contributed by atoms with van der Waals surface area (Å²) in [7, 11) is 1.69. The van der Waals surface area contributed by atoms with Gasteiger partial charge in [-0.15, -0.1) is 0 Å². The van der Waals surface area contributed by atoms with Crippen LogP contribution < -0.4 is 19.7 Å². The van der Waals surface area contributed by atoms with Gasteiger partial charge in [0.2, 0.25) is 0 Å². The van der Waals surface area contributed by atoms with Gasteiger partial charge in [-0.1, -0.05) is 42.5 Å². The number of methoxy groups -OCH3 is 1. The van der Waals surface area contributed by atoms with E-state index in [1.165, 1.54) is 0 Å². The fourth-order valence-electron chi connectivity index (χ4n) is 5.61. The van der Waals surface area contributed by atoms with Crippen molar-refractivity contribution in [2.75, 3.05) is 23.9 Å². The van der Waals surface area contributed by atoms with Gasteiger partial charge in [-0.3, -0.25) is 0 Å². The number of aliphatic imine (C=N–C) groups is 2. The first-order chi connectivity index (χ1) is 20.6. The summed E-state index contributed by atoms with van der Waals surface area (Å²) in [5.74, 6) is 3.74. The normalized spacial score (nSPS) is 15.1. The second kappa shape index (κ2) is 10.6. The Labute approximate surface area is 244 Å². The number of aryl methyl sites for hydroxylation is 1. The third-order valence-electron chi connectivity index (χ3n) is 7.48. The minimum Gasteiger partial charge on any atom is -0.497 e. The van der Waals surface area contributed by atoms with Crippen LogP contribution in [-0.4, -0.2) is 35.2 Å². The standard InChI is InChI=1S/C34H30N6O2/c1-4-42-26-19-17-24(18-20-26)35-32-34-37-33-30(22(2)38-40(33)25-12-6-5-7-13-25)31(23-11-10-14-27(21-23)41-3)39(34)29-16-9-8-15-28(29)36-32/h5-21,31H,4H2,1-3H3,(H,35,36). The average Bonchev–Trinajstić information content (AvgIpc) is 3.37. The van der Waals surface area contributed by atoms with Crippen molar-refractivity contribution in [1.29, 1.82) is 0 Å². The highest BCUT2D eigenvalue weighted by Gasteiger charge is 2.41. The lowest BCUT2D eigenvalue weighted by molar-refractivity contribution is 0.340. The number of benzene rings is 4. The third kappa shape index (κ3) is 4.37. The van der Waals surface area contributed by atoms with Crippen LogP contribution in [0.25, 0.3) is 5.69 Å². The fourth-order valence-corrected chi connectivity index (χ4v) is 5.61. The molecule has 0 saturated carbocycles. The van der Waals surface area contributed by atoms with E-state index in [2.05, 4.69) is 35.3 Å². The van der Waals surface area contributed by atoms with Gasteiger partial charge in [0, 0.05) is 11.3 Å². The molecule has 0 bridgehead atoms. The summed E-state index contributed by atoms with van der Waals surface area (Å²) < 4.78 is 13.2. The molecule has 7 rings (SSSR count). The first kappa shape index (κ1) is 25.6. The maximum absolute atomic E-state index is 5.66. The van der Waals surface area contributed by atoms with Crippen molar-refractivity contribution >= 4 is 34.6 Å². The lowest BCUT2D eigenvalue weighted by Gasteiger charge is -2.40. The van der Waals surface area contributed by atoms with E-state index >= 15 is 0 Å². The summed E-state index contributed by atoms with van der Waals surface area (Å²) in [6.45, 7) is 4.64. The Morgan fingerprint density at radius 2 is 1.62 bits per heavy atom. The van der Waals surface area contributed by atoms with Crippen LogP contribution in [0.5, 0.6) is 11.5 Å². The molecule has 0 amide bonds. The Morgan fingerprint density at radius 3 is 2.40 bits per heavy atom. The molecule has 42 heavy (non-hydrogen) atoms. The van der Waals surface area contributed by atoms with E-state index in [0.29, 0.717) is 18.3 Å². The van der Waals surface area contributed by atoms with Crippen molar-refractivity contribution in [1.82, 2.24) is 9.78 Å². The zero-order valence-electron chi connectivity index (χ0n) is 23.7. The predicted molar refractivity (Wildman–Crippen MR) is 167 cm³/mol. The van der Waals surface area contributed by atoms with E-state index in [1.807, 2.05) is 96.5 Å². The first-order valence-corrected chi connectivity index (χ1v) is 14.0. The second-order valence-corrected chi connectivity index (χ2v) is 10.1. The van der Waals surface area contributed by atoms with Gasteiger partial charge in [-0.25, -0.2) is 14.7 Å². The van der Waals surface area contributed by atoms with E-state index in [4.69, 9.17) is 24.6 Å². The van der Waals surface area contributed by atoms with E-state index in [0.717, 1.165) is 56.9 Å². The minimum atomic E-state index is -0.228. The predicted octanol–water partition coefficient (Wildman–Crippen LogP) is 7.38. The molecule has 0 spiro atoms. The number of hydrogen-bond acceptors (Lipinski definition) is 7. The van der Waals surface area contributed by atoms with E-state index in [9.17, 15) is 0 Å². The molecule has 0 fully saturated rings. The van der Waals surface area contributed by atoms with Gasteiger partial charge in [0.05, 0.1) is 42.5 Å². The summed E-state index contributed by atoms with van der Waals surface area (Å²) in [5.41, 5.74) is 6.66. The van der Waals surface area contributed by atoms with Crippen LogP contribution in [0.1, 0.15) is 29.8 Å². The van der Waals surface area contributed by atoms with Crippen LogP contribution in [0.4, 0.5) is 22.9 Å². The molecule has 1 N–H and O–H groups in total. The molecular weight excluding hydrogens is 524 g/mol. The highest BCUT2D eigenvalue weighted by atomic mass is 16.5. The van der Waals surface area contributed by atoms with Gasteiger partial charge < -0.3 is 19.7 Å². The summed E-state index contributed by atoms with van der Waals surface area (Å²) in [6, 6.07) is 34.2. The highest BCUT2D eigenvalue weighted by molar-refractivity contribution is 6.51. The number of fused-ring (bicyclic) bond motifs is 4. The van der Waals surface area contributed by atoms with Gasteiger partial charge in [-0.2, -0.15) is 5.10 Å². The maximum atomic E-state index is 5.66. The van der Waals surface area contributed by atoms with Gasteiger partial charge in [0.15, 0.2) is 17.5 Å². The Bertz CT molecular complexity index is 1830. The van der Waals surface area contributed by atoms with Crippen molar-refractivity contribution in [3.8, 4) is 17.2 Å². The number of para-hydroxylation sites is 3. The number of rotatable bonds is 6. The zero-order valence-corrected chi connectivity index (χ0v) is 23.7. The van der Waals surface area contributed by atoms with E-state index < -0.39 is 0 Å². The van der Waals surface area contributed by atoms with Crippen LogP contribution in [-0.2, 0) is 0 Å². The van der Waals surface area contributed by atoms with Gasteiger partial charge in [-0.05, 0) is 80.1 Å². The number of nitrogens with zero attached hydrogens (tertiary/aromatic N) is 5. The molecule has 208 valence electrons. The number of anilines is 2. The Kier molecular flexibility index (Phi) is 6.43. The number of nitrogens with one attached hydrogen (secondary N) is 1. The van der Waals surface area contributed by atoms with Crippen molar-refractivity contribution in [3.63, 3.8) is 0 Å². The molecule has 0 radical (unpaired) electrons. The first-order valence-electron chi connectivity index (χ1n) is 14.0. The smallest absolute Gasteiger partial charge is 0.179 e. The molecule has 1 atom stereocenters. The molecule has 1 aromatic heterocycles. The van der Waals surface area contributed by atoms with Crippen LogP contribution in [0.2, 0.25) is 0 Å².